The van der Waals surface area contributed by atoms with Gasteiger partial charge in [-0.2, -0.15) is 0 Å². The first kappa shape index (κ1) is 13.0. The summed E-state index contributed by atoms with van der Waals surface area (Å²) in [7, 11) is 0. The Labute approximate surface area is 112 Å². The average molecular weight is 266 g/mol. The summed E-state index contributed by atoms with van der Waals surface area (Å²) in [4.78, 5) is 0. The quantitative estimate of drug-likeness (QED) is 0.866. The highest BCUT2D eigenvalue weighted by atomic mass is 35.5. The summed E-state index contributed by atoms with van der Waals surface area (Å²) in [5.74, 6) is 1.50. The number of nitrogens with one attached hydrogen (secondary N) is 1. The van der Waals surface area contributed by atoms with Crippen molar-refractivity contribution in [2.45, 2.75) is 20.1 Å². The van der Waals surface area contributed by atoms with Crippen LogP contribution in [0.25, 0.3) is 0 Å². The molecular weight excluding hydrogens is 250 g/mol. The largest absolute Gasteiger partial charge is 0.484 e. The van der Waals surface area contributed by atoms with Crippen LogP contribution in [0.15, 0.2) is 41.0 Å². The van der Waals surface area contributed by atoms with E-state index in [0.717, 1.165) is 24.4 Å². The molecule has 1 aromatic carbocycles. The summed E-state index contributed by atoms with van der Waals surface area (Å²) in [6.45, 7) is 4.17. The molecule has 0 spiro atoms. The highest BCUT2D eigenvalue weighted by Crippen LogP contribution is 2.24. The minimum atomic E-state index is 0.386. The zero-order valence-corrected chi connectivity index (χ0v) is 11.0. The van der Waals surface area contributed by atoms with Gasteiger partial charge in [0.2, 0.25) is 0 Å². The zero-order chi connectivity index (χ0) is 12.8. The lowest BCUT2D eigenvalue weighted by atomic mass is 10.2. The van der Waals surface area contributed by atoms with Crippen molar-refractivity contribution in [2.24, 2.45) is 0 Å². The molecule has 18 heavy (non-hydrogen) atoms. The van der Waals surface area contributed by atoms with Crippen LogP contribution in [0.1, 0.15) is 18.2 Å². The Kier molecular flexibility index (Phi) is 4.67. The number of benzene rings is 1. The van der Waals surface area contributed by atoms with Crippen LogP contribution in [0.5, 0.6) is 5.75 Å². The SMILES string of the molecule is CCNCc1ccoc1COc1ccccc1Cl. The van der Waals surface area contributed by atoms with Gasteiger partial charge in [0.1, 0.15) is 18.1 Å². The molecule has 0 radical (unpaired) electrons. The maximum Gasteiger partial charge on any atom is 0.146 e. The van der Waals surface area contributed by atoms with Gasteiger partial charge in [-0.1, -0.05) is 30.7 Å². The average Bonchev–Trinajstić information content (AvgIpc) is 2.83. The third-order valence-electron chi connectivity index (χ3n) is 2.60. The first-order valence-electron chi connectivity index (χ1n) is 5.94. The van der Waals surface area contributed by atoms with Crippen molar-refractivity contribution >= 4 is 11.6 Å². The van der Waals surface area contributed by atoms with E-state index in [4.69, 9.17) is 20.8 Å². The Morgan fingerprint density at radius 3 is 2.89 bits per heavy atom. The summed E-state index contributed by atoms with van der Waals surface area (Å²) in [6.07, 6.45) is 1.68. The van der Waals surface area contributed by atoms with Crippen molar-refractivity contribution in [3.8, 4) is 5.75 Å². The van der Waals surface area contributed by atoms with Gasteiger partial charge in [0.05, 0.1) is 11.3 Å². The fourth-order valence-electron chi connectivity index (χ4n) is 1.62. The lowest BCUT2D eigenvalue weighted by molar-refractivity contribution is 0.268. The molecule has 4 heteroatoms. The molecule has 0 aliphatic rings. The topological polar surface area (TPSA) is 34.4 Å². The molecule has 0 fully saturated rings. The van der Waals surface area contributed by atoms with Gasteiger partial charge >= 0.3 is 0 Å². The fourth-order valence-corrected chi connectivity index (χ4v) is 1.81. The Morgan fingerprint density at radius 2 is 2.11 bits per heavy atom. The Hall–Kier alpha value is -1.45. The molecule has 1 aromatic heterocycles. The number of furan rings is 1. The first-order valence-corrected chi connectivity index (χ1v) is 6.32. The predicted octanol–water partition coefficient (Wildman–Crippen LogP) is 3.62. The highest BCUT2D eigenvalue weighted by Gasteiger charge is 2.07. The molecule has 1 heterocycles. The number of halogens is 1. The molecule has 0 aliphatic carbocycles. The van der Waals surface area contributed by atoms with E-state index in [9.17, 15) is 0 Å². The van der Waals surface area contributed by atoms with E-state index in [1.165, 1.54) is 0 Å². The molecule has 0 unspecified atom stereocenters. The van der Waals surface area contributed by atoms with Gasteiger partial charge in [-0.15, -0.1) is 0 Å². The summed E-state index contributed by atoms with van der Waals surface area (Å²) in [6, 6.07) is 9.36. The van der Waals surface area contributed by atoms with Gasteiger partial charge in [0, 0.05) is 12.1 Å². The van der Waals surface area contributed by atoms with Crippen LogP contribution in [0.4, 0.5) is 0 Å². The van der Waals surface area contributed by atoms with Crippen molar-refractivity contribution in [2.75, 3.05) is 6.54 Å². The van der Waals surface area contributed by atoms with Crippen LogP contribution < -0.4 is 10.1 Å². The monoisotopic (exact) mass is 265 g/mol. The summed E-state index contributed by atoms with van der Waals surface area (Å²) in [5.41, 5.74) is 1.11. The summed E-state index contributed by atoms with van der Waals surface area (Å²) >= 11 is 6.02. The smallest absolute Gasteiger partial charge is 0.146 e. The highest BCUT2D eigenvalue weighted by molar-refractivity contribution is 6.32. The molecule has 0 amide bonds. The molecular formula is C14H16ClNO2. The van der Waals surface area contributed by atoms with Gasteiger partial charge in [-0.25, -0.2) is 0 Å². The Bertz CT molecular complexity index is 496. The minimum Gasteiger partial charge on any atom is -0.484 e. The third-order valence-corrected chi connectivity index (χ3v) is 2.91. The Morgan fingerprint density at radius 1 is 1.28 bits per heavy atom. The minimum absolute atomic E-state index is 0.386. The second-order valence-corrected chi connectivity index (χ2v) is 4.28. The lowest BCUT2D eigenvalue weighted by Gasteiger charge is -2.07. The first-order chi connectivity index (χ1) is 8.81. The predicted molar refractivity (Wildman–Crippen MR) is 71.9 cm³/mol. The van der Waals surface area contributed by atoms with Crippen molar-refractivity contribution in [1.29, 1.82) is 0 Å². The number of para-hydroxylation sites is 1. The van der Waals surface area contributed by atoms with Crippen LogP contribution in [0.3, 0.4) is 0 Å². The number of ether oxygens (including phenoxy) is 1. The van der Waals surface area contributed by atoms with E-state index in [-0.39, 0.29) is 0 Å². The number of rotatable bonds is 6. The van der Waals surface area contributed by atoms with Gasteiger partial charge in [0.25, 0.3) is 0 Å². The second-order valence-electron chi connectivity index (χ2n) is 3.87. The maximum absolute atomic E-state index is 6.02. The molecule has 0 bridgehead atoms. The number of hydrogen-bond acceptors (Lipinski definition) is 3. The molecule has 0 atom stereocenters. The molecule has 2 aromatic rings. The molecule has 3 nitrogen and oxygen atoms in total. The van der Waals surface area contributed by atoms with Crippen LogP contribution in [0.2, 0.25) is 5.02 Å². The second kappa shape index (κ2) is 6.47. The van der Waals surface area contributed by atoms with Gasteiger partial charge in [-0.05, 0) is 24.7 Å². The van der Waals surface area contributed by atoms with E-state index >= 15 is 0 Å². The van der Waals surface area contributed by atoms with Crippen LogP contribution in [0, 0.1) is 0 Å². The van der Waals surface area contributed by atoms with Crippen LogP contribution in [-0.2, 0) is 13.2 Å². The van der Waals surface area contributed by atoms with Gasteiger partial charge in [0.15, 0.2) is 0 Å². The molecule has 1 N–H and O–H groups in total. The fraction of sp³-hybridized carbons (Fsp3) is 0.286. The summed E-state index contributed by atoms with van der Waals surface area (Å²) in [5, 5.41) is 3.87. The standard InChI is InChI=1S/C14H16ClNO2/c1-2-16-9-11-7-8-17-14(11)10-18-13-6-4-3-5-12(13)15/h3-8,16H,2,9-10H2,1H3. The van der Waals surface area contributed by atoms with E-state index in [1.807, 2.05) is 24.3 Å². The summed E-state index contributed by atoms with van der Waals surface area (Å²) < 4.78 is 11.1. The van der Waals surface area contributed by atoms with Crippen LogP contribution in [-0.4, -0.2) is 6.54 Å². The molecule has 0 saturated carbocycles. The van der Waals surface area contributed by atoms with Crippen LogP contribution >= 0.6 is 11.6 Å². The zero-order valence-electron chi connectivity index (χ0n) is 10.3. The van der Waals surface area contributed by atoms with E-state index in [1.54, 1.807) is 12.3 Å². The normalized spacial score (nSPS) is 10.6. The van der Waals surface area contributed by atoms with Gasteiger partial charge < -0.3 is 14.5 Å². The lowest BCUT2D eigenvalue weighted by Crippen LogP contribution is -2.12. The van der Waals surface area contributed by atoms with Gasteiger partial charge in [-0.3, -0.25) is 0 Å². The molecule has 0 aliphatic heterocycles. The van der Waals surface area contributed by atoms with Crippen molar-refractivity contribution in [1.82, 2.24) is 5.32 Å². The van der Waals surface area contributed by atoms with Crippen molar-refractivity contribution < 1.29 is 9.15 Å². The third kappa shape index (κ3) is 3.28. The van der Waals surface area contributed by atoms with E-state index in [0.29, 0.717) is 17.4 Å². The maximum atomic E-state index is 6.02. The van der Waals surface area contributed by atoms with Crippen molar-refractivity contribution in [3.05, 3.63) is 52.9 Å². The van der Waals surface area contributed by atoms with E-state index in [2.05, 4.69) is 12.2 Å². The molecule has 0 saturated heterocycles. The number of hydrogen-bond donors (Lipinski definition) is 1. The Balaban J connectivity index is 1.98. The molecule has 2 rings (SSSR count). The van der Waals surface area contributed by atoms with E-state index < -0.39 is 0 Å². The van der Waals surface area contributed by atoms with Crippen molar-refractivity contribution in [3.63, 3.8) is 0 Å². The molecule has 96 valence electrons.